The van der Waals surface area contributed by atoms with E-state index >= 15 is 0 Å². The molecule has 0 amide bonds. The predicted octanol–water partition coefficient (Wildman–Crippen LogP) is 3.58. The van der Waals surface area contributed by atoms with Crippen molar-refractivity contribution in [1.82, 2.24) is 0 Å². The predicted molar refractivity (Wildman–Crippen MR) is 90.5 cm³/mol. The Bertz CT molecular complexity index is 491. The number of benzene rings is 1. The van der Waals surface area contributed by atoms with Crippen LogP contribution in [0.3, 0.4) is 0 Å². The van der Waals surface area contributed by atoms with Crippen LogP contribution >= 0.6 is 30.1 Å². The van der Waals surface area contributed by atoms with Crippen LogP contribution in [0.5, 0.6) is 0 Å². The zero-order valence-corrected chi connectivity index (χ0v) is 13.8. The van der Waals surface area contributed by atoms with E-state index in [0.717, 1.165) is 0 Å². The van der Waals surface area contributed by atoms with E-state index in [1.165, 1.54) is 8.93 Å². The fourth-order valence-corrected chi connectivity index (χ4v) is 1.98. The van der Waals surface area contributed by atoms with Crippen LogP contribution < -0.4 is 0 Å². The highest BCUT2D eigenvalue weighted by atomic mass is 127. The lowest BCUT2D eigenvalue weighted by Gasteiger charge is -2.03. The summed E-state index contributed by atoms with van der Waals surface area (Å²) in [6.45, 7) is 0.204. The lowest BCUT2D eigenvalue weighted by molar-refractivity contribution is 0.0549. The minimum atomic E-state index is -0.480. The average Bonchev–Trinajstić information content (AvgIpc) is 2.48. The molecule has 0 spiro atoms. The molecule has 0 aromatic heterocycles. The third kappa shape index (κ3) is 7.58. The van der Waals surface area contributed by atoms with Crippen molar-refractivity contribution in [3.63, 3.8) is 0 Å². The molecule has 1 atom stereocenters. The monoisotopic (exact) mass is 402 g/mol. The highest BCUT2D eigenvalue weighted by molar-refractivity contribution is 14.2. The molecule has 0 bridgehead atoms. The molecule has 0 saturated heterocycles. The van der Waals surface area contributed by atoms with E-state index in [1.54, 1.807) is 36.4 Å². The van der Waals surface area contributed by atoms with Gasteiger partial charge in [-0.2, -0.15) is 0 Å². The Morgan fingerprint density at radius 2 is 2.15 bits per heavy atom. The molecule has 0 fully saturated rings. The third-order valence-corrected chi connectivity index (χ3v) is 3.23. The Morgan fingerprint density at radius 3 is 2.85 bits per heavy atom. The van der Waals surface area contributed by atoms with Gasteiger partial charge in [0.2, 0.25) is 0 Å². The van der Waals surface area contributed by atoms with Crippen LogP contribution in [-0.2, 0) is 4.74 Å². The van der Waals surface area contributed by atoms with Crippen molar-refractivity contribution < 1.29 is 14.6 Å². The maximum Gasteiger partial charge on any atom is 0.338 e. The quantitative estimate of drug-likeness (QED) is 0.342. The van der Waals surface area contributed by atoms with Crippen LogP contribution in [0.4, 0.5) is 0 Å². The van der Waals surface area contributed by atoms with Crippen molar-refractivity contribution >= 4 is 36.1 Å². The molecular weight excluding hydrogens is 387 g/mol. The van der Waals surface area contributed by atoms with E-state index in [4.69, 9.17) is 4.74 Å². The fraction of sp³-hybridized carbons (Fsp3) is 0.267. The number of ether oxygens (including phenoxy) is 1. The van der Waals surface area contributed by atoms with Gasteiger partial charge in [-0.15, -0.1) is 0 Å². The summed E-state index contributed by atoms with van der Waals surface area (Å²) >= 11 is 2.08. The number of aliphatic hydroxyl groups is 1. The van der Waals surface area contributed by atoms with Crippen molar-refractivity contribution in [2.24, 2.45) is 0 Å². The minimum Gasteiger partial charge on any atom is -0.458 e. The highest BCUT2D eigenvalue weighted by Crippen LogP contribution is 2.07. The summed E-state index contributed by atoms with van der Waals surface area (Å²) in [4.78, 5) is 11.6. The van der Waals surface area contributed by atoms with E-state index in [-0.39, 0.29) is 12.6 Å². The largest absolute Gasteiger partial charge is 0.458 e. The van der Waals surface area contributed by atoms with Gasteiger partial charge in [-0.3, -0.25) is 0 Å². The summed E-state index contributed by atoms with van der Waals surface area (Å²) in [6.07, 6.45) is 3.99. The lowest BCUT2D eigenvalue weighted by Crippen LogP contribution is -2.05. The Kier molecular flexibility index (Phi) is 9.20. The average molecular weight is 402 g/mol. The molecule has 1 aromatic rings. The van der Waals surface area contributed by atoms with Crippen molar-refractivity contribution in [2.45, 2.75) is 18.9 Å². The lowest BCUT2D eigenvalue weighted by atomic mass is 10.2. The van der Waals surface area contributed by atoms with Crippen LogP contribution in [0.15, 0.2) is 42.5 Å². The van der Waals surface area contributed by atoms with E-state index in [1.807, 2.05) is 6.07 Å². The Morgan fingerprint density at radius 1 is 1.40 bits per heavy atom. The van der Waals surface area contributed by atoms with Gasteiger partial charge in [-0.25, -0.2) is 4.79 Å². The third-order valence-electron chi connectivity index (χ3n) is 2.34. The summed E-state index contributed by atoms with van der Waals surface area (Å²) in [5.74, 6) is 2.51. The molecule has 0 saturated carbocycles. The molecule has 0 heterocycles. The van der Waals surface area contributed by atoms with Gasteiger partial charge in [0.05, 0.1) is 11.7 Å². The second kappa shape index (κ2) is 10.8. The first-order valence-electron chi connectivity index (χ1n) is 6.04. The molecule has 1 rings (SSSR count). The first-order chi connectivity index (χ1) is 9.74. The fourth-order valence-electron chi connectivity index (χ4n) is 1.37. The van der Waals surface area contributed by atoms with E-state index in [2.05, 4.69) is 32.4 Å². The standard InChI is InChI=1S/C15H15IO3S/c16-20-12-6-10-14(17)9-4-5-11-19-15(18)13-7-2-1-3-8-13/h1-5,7-8,14,17H,9-11H2/b5-4+/t14-/m0/s1. The molecule has 0 radical (unpaired) electrons. The number of carbonyl (C=O) groups excluding carboxylic acids is 1. The Labute approximate surface area is 135 Å². The zero-order valence-electron chi connectivity index (χ0n) is 10.8. The number of rotatable bonds is 6. The zero-order chi connectivity index (χ0) is 14.6. The van der Waals surface area contributed by atoms with Crippen molar-refractivity contribution in [3.05, 3.63) is 48.0 Å². The smallest absolute Gasteiger partial charge is 0.338 e. The second-order valence-corrected chi connectivity index (χ2v) is 5.57. The maximum absolute atomic E-state index is 11.6. The van der Waals surface area contributed by atoms with Crippen LogP contribution in [0.1, 0.15) is 23.2 Å². The highest BCUT2D eigenvalue weighted by Gasteiger charge is 2.04. The number of esters is 1. The number of halogens is 1. The number of hydrogen-bond donors (Lipinski definition) is 1. The molecule has 0 aliphatic heterocycles. The molecule has 0 unspecified atom stereocenters. The van der Waals surface area contributed by atoms with E-state index in [9.17, 15) is 9.90 Å². The van der Waals surface area contributed by atoms with Gasteiger partial charge in [-0.1, -0.05) is 36.3 Å². The summed E-state index contributed by atoms with van der Waals surface area (Å²) in [5.41, 5.74) is 0.535. The van der Waals surface area contributed by atoms with E-state index < -0.39 is 6.10 Å². The molecule has 0 aliphatic rings. The van der Waals surface area contributed by atoms with Gasteiger partial charge in [0.25, 0.3) is 0 Å². The molecule has 106 valence electrons. The first-order valence-corrected chi connectivity index (χ1v) is 9.40. The molecule has 1 N–H and O–H groups in total. The normalized spacial score (nSPS) is 11.7. The van der Waals surface area contributed by atoms with Gasteiger partial charge < -0.3 is 9.84 Å². The van der Waals surface area contributed by atoms with Crippen LogP contribution in [0.25, 0.3) is 0 Å². The number of hydrogen-bond acceptors (Lipinski definition) is 4. The van der Waals surface area contributed by atoms with Crippen molar-refractivity contribution in [2.75, 3.05) is 6.61 Å². The van der Waals surface area contributed by atoms with E-state index in [0.29, 0.717) is 18.4 Å². The van der Waals surface area contributed by atoms with Gasteiger partial charge >= 0.3 is 5.97 Å². The van der Waals surface area contributed by atoms with Crippen molar-refractivity contribution in [1.29, 1.82) is 0 Å². The van der Waals surface area contributed by atoms with Gasteiger partial charge in [0.1, 0.15) is 6.61 Å². The van der Waals surface area contributed by atoms with Gasteiger partial charge in [-0.05, 0) is 32.7 Å². The number of carbonyl (C=O) groups is 1. The van der Waals surface area contributed by atoms with Crippen LogP contribution in [0.2, 0.25) is 0 Å². The summed E-state index contributed by atoms with van der Waals surface area (Å²) in [5, 5.41) is 12.4. The van der Waals surface area contributed by atoms with Gasteiger partial charge in [0.15, 0.2) is 0 Å². The summed E-state index contributed by atoms with van der Waals surface area (Å²) < 4.78 is 5.07. The molecular formula is C15H15IO3S. The maximum atomic E-state index is 11.6. The number of aliphatic hydroxyl groups excluding tert-OH is 1. The van der Waals surface area contributed by atoms with Crippen molar-refractivity contribution in [3.8, 4) is 11.2 Å². The molecule has 20 heavy (non-hydrogen) atoms. The molecule has 0 aliphatic carbocycles. The molecule has 3 nitrogen and oxygen atoms in total. The van der Waals surface area contributed by atoms with Gasteiger partial charge in [0, 0.05) is 27.6 Å². The minimum absolute atomic E-state index is 0.204. The Hall–Kier alpha value is -0.970. The second-order valence-electron chi connectivity index (χ2n) is 3.89. The first kappa shape index (κ1) is 17.1. The topological polar surface area (TPSA) is 46.5 Å². The SMILES string of the molecule is O=C(OC/C=C/C[C@H](O)CC#CSI)c1ccccc1. The molecule has 5 heteroatoms. The molecule has 1 aromatic carbocycles. The summed E-state index contributed by atoms with van der Waals surface area (Å²) in [7, 11) is 1.40. The van der Waals surface area contributed by atoms with Crippen LogP contribution in [-0.4, -0.2) is 23.8 Å². The summed E-state index contributed by atoms with van der Waals surface area (Å²) in [6, 6.07) is 8.84. The van der Waals surface area contributed by atoms with Crippen LogP contribution in [0, 0.1) is 11.2 Å². The Balaban J connectivity index is 2.20.